The van der Waals surface area contributed by atoms with Gasteiger partial charge in [0, 0.05) is 6.42 Å². The van der Waals surface area contributed by atoms with Gasteiger partial charge in [-0.3, -0.25) is 0 Å². The average molecular weight is 219 g/mol. The predicted octanol–water partition coefficient (Wildman–Crippen LogP) is 3.30. The monoisotopic (exact) mass is 219 g/mol. The Balaban J connectivity index is 3.22. The van der Waals surface area contributed by atoms with E-state index in [0.717, 1.165) is 25.7 Å². The van der Waals surface area contributed by atoms with E-state index in [0.29, 0.717) is 19.2 Å². The van der Waals surface area contributed by atoms with Gasteiger partial charge in [0.15, 0.2) is 6.16 Å². The van der Waals surface area contributed by atoms with Gasteiger partial charge in [0.1, 0.15) is 12.4 Å². The van der Waals surface area contributed by atoms with E-state index >= 15 is 0 Å². The Kier molecular flexibility index (Phi) is 9.11. The second-order valence-electron chi connectivity index (χ2n) is 3.40. The molecule has 0 fully saturated rings. The molecule has 0 aromatic carbocycles. The van der Waals surface area contributed by atoms with Gasteiger partial charge in [-0.05, 0) is 30.8 Å². The summed E-state index contributed by atoms with van der Waals surface area (Å²) >= 11 is 0. The number of hydrogen-bond acceptors (Lipinski definition) is 3. The summed E-state index contributed by atoms with van der Waals surface area (Å²) < 4.78 is 16.3. The number of rotatable bonds is 9. The van der Waals surface area contributed by atoms with E-state index in [2.05, 4.69) is 6.92 Å². The second-order valence-corrected chi connectivity index (χ2v) is 4.77. The van der Waals surface area contributed by atoms with Crippen molar-refractivity contribution >= 4 is 13.8 Å². The summed E-state index contributed by atoms with van der Waals surface area (Å²) in [6.07, 6.45) is 4.86. The van der Waals surface area contributed by atoms with Gasteiger partial charge in [-0.1, -0.05) is 13.3 Å². The fourth-order valence-electron chi connectivity index (χ4n) is 0.990. The van der Waals surface area contributed by atoms with Crippen LogP contribution < -0.4 is 0 Å². The molecule has 1 unspecified atom stereocenters. The zero-order valence-electron chi connectivity index (χ0n) is 9.12. The van der Waals surface area contributed by atoms with E-state index in [1.165, 1.54) is 0 Å². The first-order valence-electron chi connectivity index (χ1n) is 5.23. The minimum atomic E-state index is -1.48. The van der Waals surface area contributed by atoms with Crippen LogP contribution in [0.5, 0.6) is 0 Å². The highest BCUT2D eigenvalue weighted by atomic mass is 31.1. The third-order valence-corrected chi connectivity index (χ3v) is 3.00. The number of unbranched alkanes of at least 4 members (excludes halogenated alkanes) is 2. The van der Waals surface area contributed by atoms with Crippen LogP contribution in [0, 0.1) is 0 Å². The Morgan fingerprint density at radius 2 is 2.00 bits per heavy atom. The molecule has 0 aliphatic heterocycles. The van der Waals surface area contributed by atoms with Crippen LogP contribution >= 0.6 is 8.03 Å². The maximum atomic E-state index is 11.2. The molecule has 0 aliphatic carbocycles. The Labute approximate surface area is 87.1 Å². The molecular weight excluding hydrogens is 199 g/mol. The van der Waals surface area contributed by atoms with Crippen molar-refractivity contribution < 1.29 is 13.9 Å². The molecule has 4 heteroatoms. The minimum absolute atomic E-state index is 0.201. The lowest BCUT2D eigenvalue weighted by atomic mass is 10.2. The standard InChI is InChI=1S/C10H20O3P/c1-3-4-8-13-14(12)9-6-5-7-10(2)11/h3-9H2,1-2H3/q+1. The van der Waals surface area contributed by atoms with Crippen LogP contribution in [0.3, 0.4) is 0 Å². The first-order valence-corrected chi connectivity index (χ1v) is 6.60. The number of hydrogen-bond donors (Lipinski definition) is 0. The molecule has 0 bridgehead atoms. The molecule has 3 nitrogen and oxygen atoms in total. The number of Topliss-reactive ketones (excluding diaryl/α,β-unsaturated/α-hetero) is 1. The molecule has 0 aromatic rings. The Hall–Kier alpha value is -0.270. The summed E-state index contributed by atoms with van der Waals surface area (Å²) in [4.78, 5) is 10.6. The summed E-state index contributed by atoms with van der Waals surface area (Å²) in [5, 5.41) is 0. The third-order valence-electron chi connectivity index (χ3n) is 1.85. The van der Waals surface area contributed by atoms with Gasteiger partial charge in [0.2, 0.25) is 0 Å². The summed E-state index contributed by atoms with van der Waals surface area (Å²) in [6, 6.07) is 0. The zero-order chi connectivity index (χ0) is 10.8. The van der Waals surface area contributed by atoms with E-state index in [1.54, 1.807) is 6.92 Å². The van der Waals surface area contributed by atoms with Crippen molar-refractivity contribution in [2.75, 3.05) is 12.8 Å². The van der Waals surface area contributed by atoms with Gasteiger partial charge >= 0.3 is 8.03 Å². The maximum absolute atomic E-state index is 11.2. The number of carbonyl (C=O) groups excluding carboxylic acids is 1. The lowest BCUT2D eigenvalue weighted by molar-refractivity contribution is -0.117. The molecule has 0 radical (unpaired) electrons. The van der Waals surface area contributed by atoms with Gasteiger partial charge in [0.25, 0.3) is 0 Å². The maximum Gasteiger partial charge on any atom is 0.508 e. The van der Waals surface area contributed by atoms with Crippen molar-refractivity contribution in [1.82, 2.24) is 0 Å². The summed E-state index contributed by atoms with van der Waals surface area (Å²) in [5.41, 5.74) is 0. The number of carbonyl (C=O) groups is 1. The van der Waals surface area contributed by atoms with Crippen molar-refractivity contribution in [1.29, 1.82) is 0 Å². The molecule has 14 heavy (non-hydrogen) atoms. The molecule has 0 spiro atoms. The van der Waals surface area contributed by atoms with Crippen LogP contribution in [-0.2, 0) is 13.9 Å². The van der Waals surface area contributed by atoms with Crippen molar-refractivity contribution in [2.24, 2.45) is 0 Å². The van der Waals surface area contributed by atoms with Crippen molar-refractivity contribution in [3.05, 3.63) is 0 Å². The predicted molar refractivity (Wildman–Crippen MR) is 57.9 cm³/mol. The van der Waals surface area contributed by atoms with Crippen molar-refractivity contribution in [3.63, 3.8) is 0 Å². The highest BCUT2D eigenvalue weighted by Crippen LogP contribution is 2.24. The van der Waals surface area contributed by atoms with Crippen LogP contribution in [0.1, 0.15) is 46.0 Å². The molecule has 0 aromatic heterocycles. The average Bonchev–Trinajstić information content (AvgIpc) is 2.13. The van der Waals surface area contributed by atoms with Crippen LogP contribution in [0.4, 0.5) is 0 Å². The molecule has 0 rings (SSSR count). The van der Waals surface area contributed by atoms with E-state index in [4.69, 9.17) is 4.52 Å². The molecule has 0 N–H and O–H groups in total. The van der Waals surface area contributed by atoms with Crippen LogP contribution in [0.2, 0.25) is 0 Å². The minimum Gasteiger partial charge on any atom is -0.300 e. The van der Waals surface area contributed by atoms with E-state index in [-0.39, 0.29) is 5.78 Å². The van der Waals surface area contributed by atoms with Gasteiger partial charge in [-0.2, -0.15) is 0 Å². The Morgan fingerprint density at radius 1 is 1.29 bits per heavy atom. The summed E-state index contributed by atoms with van der Waals surface area (Å²) in [5.74, 6) is 0.201. The Bertz CT molecular complexity index is 180. The summed E-state index contributed by atoms with van der Waals surface area (Å²) in [6.45, 7) is 4.25. The van der Waals surface area contributed by atoms with Gasteiger partial charge in [0.05, 0.1) is 0 Å². The summed E-state index contributed by atoms with van der Waals surface area (Å²) in [7, 11) is -1.48. The lowest BCUT2D eigenvalue weighted by Gasteiger charge is -1.92. The topological polar surface area (TPSA) is 43.4 Å². The lowest BCUT2D eigenvalue weighted by Crippen LogP contribution is -1.92. The van der Waals surface area contributed by atoms with Crippen LogP contribution in [0.15, 0.2) is 0 Å². The van der Waals surface area contributed by atoms with E-state index < -0.39 is 8.03 Å². The third kappa shape index (κ3) is 9.82. The molecule has 1 atom stereocenters. The molecule has 0 heterocycles. The second kappa shape index (κ2) is 9.29. The fraction of sp³-hybridized carbons (Fsp3) is 0.900. The quantitative estimate of drug-likeness (QED) is 0.441. The molecule has 82 valence electrons. The first kappa shape index (κ1) is 13.7. The molecule has 0 amide bonds. The molecule has 0 saturated heterocycles. The van der Waals surface area contributed by atoms with E-state index in [9.17, 15) is 9.36 Å². The van der Waals surface area contributed by atoms with Gasteiger partial charge < -0.3 is 4.79 Å². The zero-order valence-corrected chi connectivity index (χ0v) is 10.0. The van der Waals surface area contributed by atoms with E-state index in [1.807, 2.05) is 0 Å². The molecule has 0 saturated carbocycles. The SMILES string of the molecule is CCCCO[P+](=O)CCCCC(C)=O. The smallest absolute Gasteiger partial charge is 0.300 e. The highest BCUT2D eigenvalue weighted by molar-refractivity contribution is 7.39. The van der Waals surface area contributed by atoms with Gasteiger partial charge in [-0.25, -0.2) is 0 Å². The largest absolute Gasteiger partial charge is 0.508 e. The Morgan fingerprint density at radius 3 is 2.57 bits per heavy atom. The van der Waals surface area contributed by atoms with Crippen molar-refractivity contribution in [2.45, 2.75) is 46.0 Å². The highest BCUT2D eigenvalue weighted by Gasteiger charge is 2.15. The fourth-order valence-corrected chi connectivity index (χ4v) is 1.93. The van der Waals surface area contributed by atoms with Crippen LogP contribution in [-0.4, -0.2) is 18.6 Å². The number of ketones is 1. The normalized spacial score (nSPS) is 11.4. The van der Waals surface area contributed by atoms with Gasteiger partial charge in [-0.15, -0.1) is 4.52 Å². The van der Waals surface area contributed by atoms with Crippen LogP contribution in [0.25, 0.3) is 0 Å². The molecular formula is C10H20O3P+. The van der Waals surface area contributed by atoms with Crippen molar-refractivity contribution in [3.8, 4) is 0 Å². The molecule has 0 aliphatic rings. The first-order chi connectivity index (χ1) is 6.66.